The van der Waals surface area contributed by atoms with Crippen molar-refractivity contribution in [3.8, 4) is 0 Å². The van der Waals surface area contributed by atoms with Crippen LogP contribution in [-0.2, 0) is 16.8 Å². The van der Waals surface area contributed by atoms with Crippen molar-refractivity contribution in [3.63, 3.8) is 0 Å². The first-order valence-corrected chi connectivity index (χ1v) is 5.71. The summed E-state index contributed by atoms with van der Waals surface area (Å²) in [6.45, 7) is 0. The van der Waals surface area contributed by atoms with E-state index in [-0.39, 0.29) is 11.4 Å². The van der Waals surface area contributed by atoms with Crippen molar-refractivity contribution in [1.29, 1.82) is 0 Å². The second kappa shape index (κ2) is 4.07. The van der Waals surface area contributed by atoms with Crippen LogP contribution in [0.3, 0.4) is 0 Å². The Morgan fingerprint density at radius 3 is 2.81 bits per heavy atom. The summed E-state index contributed by atoms with van der Waals surface area (Å²) in [5, 5.41) is 9.47. The summed E-state index contributed by atoms with van der Waals surface area (Å²) in [5.74, 6) is -1.10. The molecule has 0 saturated heterocycles. The Kier molecular flexibility index (Phi) is 2.76. The smallest absolute Gasteiger partial charge is 0.352 e. The molecule has 1 aromatic heterocycles. The maximum atomic E-state index is 10.7. The van der Waals surface area contributed by atoms with E-state index in [9.17, 15) is 13.6 Å². The highest BCUT2D eigenvalue weighted by molar-refractivity contribution is 7.78. The average Bonchev–Trinajstić information content (AvgIpc) is 2.59. The van der Waals surface area contributed by atoms with Gasteiger partial charge in [-0.15, -0.1) is 0 Å². The molecule has 0 bridgehead atoms. The number of carboxylic acid groups (broad SMARTS) is 1. The number of nitrogens with one attached hydrogen (secondary N) is 1. The van der Waals surface area contributed by atoms with Crippen LogP contribution in [0.15, 0.2) is 24.3 Å². The maximum absolute atomic E-state index is 10.7. The van der Waals surface area contributed by atoms with Gasteiger partial charge in [0.15, 0.2) is 0 Å². The fraction of sp³-hybridized carbons (Fsp3) is 0.100. The van der Waals surface area contributed by atoms with Crippen LogP contribution in [0.5, 0.6) is 0 Å². The minimum atomic E-state index is -2.14. The number of H-pyrrole nitrogens is 1. The first-order valence-electron chi connectivity index (χ1n) is 4.47. The predicted molar refractivity (Wildman–Crippen MR) is 57.9 cm³/mol. The first-order chi connectivity index (χ1) is 7.56. The van der Waals surface area contributed by atoms with E-state index in [1.807, 2.05) is 0 Å². The van der Waals surface area contributed by atoms with Gasteiger partial charge in [-0.2, -0.15) is 0 Å². The molecule has 2 N–H and O–H groups in total. The highest BCUT2D eigenvalue weighted by Crippen LogP contribution is 2.18. The SMILES string of the molecule is O=C(O)c1cc2cc(CS(=O)[O-])ccc2[nH]1. The molecule has 0 saturated carbocycles. The average molecular weight is 238 g/mol. The van der Waals surface area contributed by atoms with E-state index in [2.05, 4.69) is 4.98 Å². The van der Waals surface area contributed by atoms with Gasteiger partial charge in [0.25, 0.3) is 0 Å². The van der Waals surface area contributed by atoms with Gasteiger partial charge in [0.1, 0.15) is 5.69 Å². The minimum absolute atomic E-state index is 0.0659. The Balaban J connectivity index is 2.45. The largest absolute Gasteiger partial charge is 0.772 e. The summed E-state index contributed by atoms with van der Waals surface area (Å²) < 4.78 is 21.0. The molecule has 2 rings (SSSR count). The number of carboxylic acids is 1. The van der Waals surface area contributed by atoms with Crippen molar-refractivity contribution >= 4 is 28.0 Å². The van der Waals surface area contributed by atoms with Gasteiger partial charge in [-0.3, -0.25) is 4.21 Å². The normalized spacial score (nSPS) is 12.8. The Labute approximate surface area is 93.4 Å². The zero-order valence-corrected chi connectivity index (χ0v) is 8.91. The van der Waals surface area contributed by atoms with Crippen molar-refractivity contribution in [3.05, 3.63) is 35.5 Å². The highest BCUT2D eigenvalue weighted by atomic mass is 32.2. The Morgan fingerprint density at radius 1 is 1.44 bits per heavy atom. The molecule has 0 spiro atoms. The number of hydrogen-bond acceptors (Lipinski definition) is 3. The maximum Gasteiger partial charge on any atom is 0.352 e. The van der Waals surface area contributed by atoms with Crippen molar-refractivity contribution in [2.45, 2.75) is 5.75 Å². The van der Waals surface area contributed by atoms with E-state index in [4.69, 9.17) is 5.11 Å². The molecule has 5 nitrogen and oxygen atoms in total. The lowest BCUT2D eigenvalue weighted by Gasteiger charge is -2.04. The van der Waals surface area contributed by atoms with Gasteiger partial charge in [-0.1, -0.05) is 17.1 Å². The van der Waals surface area contributed by atoms with Crippen LogP contribution in [0.25, 0.3) is 10.9 Å². The van der Waals surface area contributed by atoms with Crippen molar-refractivity contribution in [2.24, 2.45) is 0 Å². The van der Waals surface area contributed by atoms with E-state index in [0.717, 1.165) is 0 Å². The van der Waals surface area contributed by atoms with Gasteiger partial charge in [0.05, 0.1) is 0 Å². The van der Waals surface area contributed by atoms with Gasteiger partial charge < -0.3 is 14.6 Å². The standard InChI is InChI=1S/C10H9NO4S/c12-10(13)9-4-7-3-6(5-16(14)15)1-2-8(7)11-9/h1-4,11H,5H2,(H,12,13)(H,14,15)/p-1. The molecule has 1 aromatic carbocycles. The van der Waals surface area contributed by atoms with Crippen molar-refractivity contribution in [2.75, 3.05) is 0 Å². The second-order valence-electron chi connectivity index (χ2n) is 3.36. The fourth-order valence-electron chi connectivity index (χ4n) is 1.52. The third-order valence-corrected chi connectivity index (χ3v) is 2.77. The molecular formula is C10H8NO4S-. The zero-order valence-electron chi connectivity index (χ0n) is 8.10. The molecule has 1 heterocycles. The van der Waals surface area contributed by atoms with Crippen molar-refractivity contribution < 1.29 is 18.7 Å². The fourth-order valence-corrected chi connectivity index (χ4v) is 1.97. The van der Waals surface area contributed by atoms with Crippen LogP contribution in [0.4, 0.5) is 0 Å². The van der Waals surface area contributed by atoms with Crippen LogP contribution >= 0.6 is 0 Å². The molecule has 0 radical (unpaired) electrons. The third kappa shape index (κ3) is 2.12. The molecule has 16 heavy (non-hydrogen) atoms. The van der Waals surface area contributed by atoms with Gasteiger partial charge in [-0.25, -0.2) is 4.79 Å². The Morgan fingerprint density at radius 2 is 2.19 bits per heavy atom. The number of rotatable bonds is 3. The molecule has 1 atom stereocenters. The van der Waals surface area contributed by atoms with Crippen LogP contribution < -0.4 is 0 Å². The number of fused-ring (bicyclic) bond motifs is 1. The van der Waals surface area contributed by atoms with E-state index >= 15 is 0 Å². The van der Waals surface area contributed by atoms with Crippen LogP contribution in [0.1, 0.15) is 16.1 Å². The monoisotopic (exact) mass is 238 g/mol. The lowest BCUT2D eigenvalue weighted by atomic mass is 10.2. The first kappa shape index (κ1) is 10.8. The molecule has 0 amide bonds. The zero-order chi connectivity index (χ0) is 11.7. The van der Waals surface area contributed by atoms with E-state index in [1.165, 1.54) is 6.07 Å². The lowest BCUT2D eigenvalue weighted by molar-refractivity contribution is 0.0691. The van der Waals surface area contributed by atoms with Crippen LogP contribution in [-0.4, -0.2) is 24.8 Å². The predicted octanol–water partition coefficient (Wildman–Crippen LogP) is 1.25. The quantitative estimate of drug-likeness (QED) is 0.787. The summed E-state index contributed by atoms with van der Waals surface area (Å²) in [6, 6.07) is 6.47. The number of hydrogen-bond donors (Lipinski definition) is 2. The molecule has 6 heteroatoms. The molecule has 2 aromatic rings. The summed E-state index contributed by atoms with van der Waals surface area (Å²) in [5.41, 5.74) is 1.41. The van der Waals surface area contributed by atoms with E-state index in [0.29, 0.717) is 16.5 Å². The molecular weight excluding hydrogens is 230 g/mol. The molecule has 0 aliphatic heterocycles. The number of aromatic amines is 1. The number of benzene rings is 1. The topological polar surface area (TPSA) is 93.2 Å². The lowest BCUT2D eigenvalue weighted by Crippen LogP contribution is -1.94. The summed E-state index contributed by atoms with van der Waals surface area (Å²) in [7, 11) is 0. The van der Waals surface area contributed by atoms with Gasteiger partial charge >= 0.3 is 5.97 Å². The summed E-state index contributed by atoms with van der Waals surface area (Å²) >= 11 is -2.14. The number of aromatic nitrogens is 1. The molecule has 1 unspecified atom stereocenters. The van der Waals surface area contributed by atoms with Gasteiger partial charge in [-0.05, 0) is 23.8 Å². The summed E-state index contributed by atoms with van der Waals surface area (Å²) in [6.07, 6.45) is 0. The summed E-state index contributed by atoms with van der Waals surface area (Å²) in [4.78, 5) is 13.4. The van der Waals surface area contributed by atoms with Crippen molar-refractivity contribution in [1.82, 2.24) is 4.98 Å². The van der Waals surface area contributed by atoms with Gasteiger partial charge in [0.2, 0.25) is 0 Å². The highest BCUT2D eigenvalue weighted by Gasteiger charge is 2.07. The minimum Gasteiger partial charge on any atom is -0.772 e. The van der Waals surface area contributed by atoms with E-state index < -0.39 is 17.0 Å². The molecule has 84 valence electrons. The Hall–Kier alpha value is -1.66. The Bertz CT molecular complexity index is 575. The number of aromatic carboxylic acids is 1. The third-order valence-electron chi connectivity index (χ3n) is 2.20. The number of carbonyl (C=O) groups is 1. The van der Waals surface area contributed by atoms with Crippen LogP contribution in [0.2, 0.25) is 0 Å². The molecule has 0 aliphatic rings. The van der Waals surface area contributed by atoms with Gasteiger partial charge in [0, 0.05) is 16.7 Å². The van der Waals surface area contributed by atoms with E-state index in [1.54, 1.807) is 18.2 Å². The molecule has 0 aliphatic carbocycles. The molecule has 0 fully saturated rings. The van der Waals surface area contributed by atoms with Crippen LogP contribution in [0, 0.1) is 0 Å². The second-order valence-corrected chi connectivity index (χ2v) is 4.25.